The second-order valence-electron chi connectivity index (χ2n) is 5.73. The van der Waals surface area contributed by atoms with Crippen LogP contribution in [0.4, 0.5) is 0 Å². The maximum absolute atomic E-state index is 12.7. The van der Waals surface area contributed by atoms with E-state index in [1.165, 1.54) is 23.5 Å². The van der Waals surface area contributed by atoms with Crippen LogP contribution in [0.1, 0.15) is 11.5 Å². The van der Waals surface area contributed by atoms with E-state index in [9.17, 15) is 14.4 Å². The molecule has 0 radical (unpaired) electrons. The van der Waals surface area contributed by atoms with Crippen LogP contribution in [-0.2, 0) is 19.6 Å². The Labute approximate surface area is 158 Å². The lowest BCUT2D eigenvalue weighted by Gasteiger charge is -2.11. The van der Waals surface area contributed by atoms with Crippen molar-refractivity contribution in [3.05, 3.63) is 85.7 Å². The number of rotatable bonds is 7. The number of oxazole rings is 1. The Hall–Kier alpha value is -3.20. The maximum atomic E-state index is 12.7. The molecule has 0 unspecified atom stereocenters. The van der Waals surface area contributed by atoms with Crippen LogP contribution in [0, 0.1) is 6.92 Å². The summed E-state index contributed by atoms with van der Waals surface area (Å²) in [4.78, 5) is 43.0. The normalized spacial score (nSPS) is 10.9. The van der Waals surface area contributed by atoms with E-state index >= 15 is 0 Å². The monoisotopic (exact) mass is 386 g/mol. The van der Waals surface area contributed by atoms with Crippen molar-refractivity contribution in [3.63, 3.8) is 0 Å². The van der Waals surface area contributed by atoms with Gasteiger partial charge in [-0.15, -0.1) is 24.5 Å². The van der Waals surface area contributed by atoms with Crippen LogP contribution in [0.5, 0.6) is 0 Å². The molecule has 0 aliphatic carbocycles. The summed E-state index contributed by atoms with van der Waals surface area (Å²) in [5.41, 5.74) is -1.68. The van der Waals surface area contributed by atoms with Crippen molar-refractivity contribution in [2.75, 3.05) is 0 Å². The van der Waals surface area contributed by atoms with Crippen molar-refractivity contribution in [2.45, 2.75) is 26.6 Å². The summed E-state index contributed by atoms with van der Waals surface area (Å²) < 4.78 is 8.54. The number of hydrogen-bond donors (Lipinski definition) is 0. The lowest BCUT2D eigenvalue weighted by molar-refractivity contribution is 0.491. The minimum absolute atomic E-state index is 0.00661. The standard InChI is InChI=1S/C18H18N4O4S/c1-4-8-20-16(23)21(9-5-2)18(25)22(17(20)24)11-13-12(3)26-15(19-13)14-7-6-10-27-14/h4-7,10H,1-2,8-9,11H2,3H3. The van der Waals surface area contributed by atoms with E-state index in [2.05, 4.69) is 18.1 Å². The van der Waals surface area contributed by atoms with Gasteiger partial charge in [0.25, 0.3) is 0 Å². The molecule has 0 aliphatic rings. The van der Waals surface area contributed by atoms with E-state index in [1.54, 1.807) is 6.92 Å². The van der Waals surface area contributed by atoms with E-state index in [-0.39, 0.29) is 19.6 Å². The minimum Gasteiger partial charge on any atom is -0.440 e. The van der Waals surface area contributed by atoms with E-state index in [1.807, 2.05) is 17.5 Å². The maximum Gasteiger partial charge on any atom is 0.336 e. The molecule has 0 aliphatic heterocycles. The Kier molecular flexibility index (Phi) is 5.22. The Morgan fingerprint density at radius 3 is 2.19 bits per heavy atom. The zero-order valence-corrected chi connectivity index (χ0v) is 15.6. The van der Waals surface area contributed by atoms with Crippen LogP contribution in [-0.4, -0.2) is 18.7 Å². The molecule has 3 aromatic rings. The van der Waals surface area contributed by atoms with Gasteiger partial charge in [0.2, 0.25) is 5.89 Å². The van der Waals surface area contributed by atoms with Crippen molar-refractivity contribution >= 4 is 11.3 Å². The molecule has 3 aromatic heterocycles. The largest absolute Gasteiger partial charge is 0.440 e. The molecule has 9 heteroatoms. The smallest absolute Gasteiger partial charge is 0.336 e. The van der Waals surface area contributed by atoms with Crippen LogP contribution in [0.25, 0.3) is 10.8 Å². The average molecular weight is 386 g/mol. The van der Waals surface area contributed by atoms with E-state index in [0.717, 1.165) is 18.6 Å². The van der Waals surface area contributed by atoms with Gasteiger partial charge in [-0.1, -0.05) is 18.2 Å². The van der Waals surface area contributed by atoms with Gasteiger partial charge in [-0.05, 0) is 18.4 Å². The van der Waals surface area contributed by atoms with Gasteiger partial charge in [0, 0.05) is 0 Å². The molecule has 8 nitrogen and oxygen atoms in total. The first-order valence-corrected chi connectivity index (χ1v) is 9.02. The molecule has 27 heavy (non-hydrogen) atoms. The molecular weight excluding hydrogens is 368 g/mol. The summed E-state index contributed by atoms with van der Waals surface area (Å²) in [5, 5.41) is 1.90. The first-order valence-electron chi connectivity index (χ1n) is 8.14. The third kappa shape index (κ3) is 3.41. The van der Waals surface area contributed by atoms with Crippen LogP contribution in [0.15, 0.2) is 61.6 Å². The number of nitrogens with zero attached hydrogens (tertiary/aromatic N) is 4. The van der Waals surface area contributed by atoms with Crippen LogP contribution in [0.3, 0.4) is 0 Å². The quantitative estimate of drug-likeness (QED) is 0.576. The fourth-order valence-corrected chi connectivity index (χ4v) is 3.27. The highest BCUT2D eigenvalue weighted by Crippen LogP contribution is 2.25. The fourth-order valence-electron chi connectivity index (χ4n) is 2.62. The SMILES string of the molecule is C=CCn1c(=O)n(CC=C)c(=O)n(Cc2nc(-c3cccs3)oc2C)c1=O. The Morgan fingerprint density at radius 1 is 1.07 bits per heavy atom. The molecular formula is C18H18N4O4S. The average Bonchev–Trinajstić information content (AvgIpc) is 3.29. The molecule has 0 saturated carbocycles. The van der Waals surface area contributed by atoms with Crippen molar-refractivity contribution in [1.29, 1.82) is 0 Å². The van der Waals surface area contributed by atoms with Gasteiger partial charge in [-0.2, -0.15) is 0 Å². The third-order valence-corrected chi connectivity index (χ3v) is 4.80. The van der Waals surface area contributed by atoms with E-state index < -0.39 is 17.1 Å². The zero-order valence-electron chi connectivity index (χ0n) is 14.8. The van der Waals surface area contributed by atoms with Gasteiger partial charge in [0.15, 0.2) is 0 Å². The van der Waals surface area contributed by atoms with Gasteiger partial charge in [0.1, 0.15) is 11.5 Å². The number of thiophene rings is 1. The van der Waals surface area contributed by atoms with E-state index in [4.69, 9.17) is 4.42 Å². The van der Waals surface area contributed by atoms with Gasteiger partial charge in [-0.3, -0.25) is 0 Å². The lowest BCUT2D eigenvalue weighted by Crippen LogP contribution is -2.54. The first kappa shape index (κ1) is 18.6. The predicted molar refractivity (Wildman–Crippen MR) is 103 cm³/mol. The highest BCUT2D eigenvalue weighted by molar-refractivity contribution is 7.13. The first-order chi connectivity index (χ1) is 13.0. The summed E-state index contributed by atoms with van der Waals surface area (Å²) >= 11 is 1.47. The predicted octanol–water partition coefficient (Wildman–Crippen LogP) is 1.62. The van der Waals surface area contributed by atoms with Gasteiger partial charge in [-0.25, -0.2) is 33.1 Å². The summed E-state index contributed by atoms with van der Waals surface area (Å²) in [6, 6.07) is 3.75. The highest BCUT2D eigenvalue weighted by Gasteiger charge is 2.18. The Balaban J connectivity index is 2.13. The van der Waals surface area contributed by atoms with Crippen molar-refractivity contribution in [1.82, 2.24) is 18.7 Å². The fraction of sp³-hybridized carbons (Fsp3) is 0.222. The van der Waals surface area contributed by atoms with Crippen LogP contribution >= 0.6 is 11.3 Å². The number of allylic oxidation sites excluding steroid dienone is 2. The molecule has 3 heterocycles. The minimum atomic E-state index is -0.717. The Bertz CT molecular complexity index is 1110. The topological polar surface area (TPSA) is 92.0 Å². The molecule has 0 spiro atoms. The van der Waals surface area contributed by atoms with Crippen molar-refractivity contribution in [2.24, 2.45) is 0 Å². The zero-order chi connectivity index (χ0) is 19.6. The lowest BCUT2D eigenvalue weighted by atomic mass is 10.3. The summed E-state index contributed by atoms with van der Waals surface area (Å²) in [7, 11) is 0. The molecule has 0 fully saturated rings. The number of aromatic nitrogens is 4. The number of hydrogen-bond acceptors (Lipinski definition) is 6. The summed E-state index contributed by atoms with van der Waals surface area (Å²) in [5.74, 6) is 0.929. The van der Waals surface area contributed by atoms with Crippen molar-refractivity contribution in [3.8, 4) is 10.8 Å². The molecule has 0 bridgehead atoms. The molecule has 0 N–H and O–H groups in total. The van der Waals surface area contributed by atoms with E-state index in [0.29, 0.717) is 17.3 Å². The third-order valence-electron chi connectivity index (χ3n) is 3.94. The van der Waals surface area contributed by atoms with Gasteiger partial charge < -0.3 is 4.42 Å². The second kappa shape index (κ2) is 7.58. The van der Waals surface area contributed by atoms with Gasteiger partial charge in [0.05, 0.1) is 24.5 Å². The highest BCUT2D eigenvalue weighted by atomic mass is 32.1. The molecule has 0 saturated heterocycles. The summed E-state index contributed by atoms with van der Waals surface area (Å²) in [6.45, 7) is 8.71. The Morgan fingerprint density at radius 2 is 1.67 bits per heavy atom. The van der Waals surface area contributed by atoms with Crippen molar-refractivity contribution < 1.29 is 4.42 Å². The van der Waals surface area contributed by atoms with Crippen LogP contribution < -0.4 is 17.1 Å². The van der Waals surface area contributed by atoms with Crippen LogP contribution in [0.2, 0.25) is 0 Å². The second-order valence-corrected chi connectivity index (χ2v) is 6.68. The molecule has 0 aromatic carbocycles. The number of aryl methyl sites for hydroxylation is 1. The molecule has 3 rings (SSSR count). The molecule has 0 atom stereocenters. The molecule has 140 valence electrons. The summed E-state index contributed by atoms with van der Waals surface area (Å²) in [6.07, 6.45) is 2.85. The van der Waals surface area contributed by atoms with Gasteiger partial charge >= 0.3 is 17.1 Å². The molecule has 0 amide bonds.